The number of aromatic nitrogens is 1. The summed E-state index contributed by atoms with van der Waals surface area (Å²) in [7, 11) is 0. The SMILES string of the molecule is O=[N+]([O-])c1ccc(-c2cs/c(=N\N=C\c3ccc4c(c3)OCO4)n2-c2ccccc2)cc1.[Br-]. The van der Waals surface area contributed by atoms with Crippen LogP contribution in [0.5, 0.6) is 11.5 Å². The Hall–Kier alpha value is -3.76. The Kier molecular flexibility index (Phi) is 6.66. The van der Waals surface area contributed by atoms with Gasteiger partial charge < -0.3 is 26.5 Å². The zero-order valence-electron chi connectivity index (χ0n) is 17.0. The topological polar surface area (TPSA) is 91.2 Å². The lowest BCUT2D eigenvalue weighted by Crippen LogP contribution is -3.00. The fourth-order valence-corrected chi connectivity index (χ4v) is 4.16. The number of rotatable bonds is 5. The van der Waals surface area contributed by atoms with E-state index in [2.05, 4.69) is 10.2 Å². The van der Waals surface area contributed by atoms with E-state index >= 15 is 0 Å². The van der Waals surface area contributed by atoms with Crippen molar-refractivity contribution in [3.8, 4) is 28.4 Å². The van der Waals surface area contributed by atoms with Crippen LogP contribution in [0.4, 0.5) is 5.69 Å². The predicted molar refractivity (Wildman–Crippen MR) is 121 cm³/mol. The Balaban J connectivity index is 0.00000259. The quantitative estimate of drug-likeness (QED) is 0.226. The van der Waals surface area contributed by atoms with Crippen LogP contribution in [0.3, 0.4) is 0 Å². The zero-order valence-corrected chi connectivity index (χ0v) is 19.4. The summed E-state index contributed by atoms with van der Waals surface area (Å²) in [5.74, 6) is 1.40. The van der Waals surface area contributed by atoms with Crippen molar-refractivity contribution in [2.24, 2.45) is 10.2 Å². The summed E-state index contributed by atoms with van der Waals surface area (Å²) in [4.78, 5) is 11.3. The van der Waals surface area contributed by atoms with Gasteiger partial charge in [-0.1, -0.05) is 18.2 Å². The highest BCUT2D eigenvalue weighted by Gasteiger charge is 2.13. The number of thiazole rings is 1. The van der Waals surface area contributed by atoms with Crippen LogP contribution in [0.25, 0.3) is 16.9 Å². The van der Waals surface area contributed by atoms with E-state index in [-0.39, 0.29) is 29.5 Å². The first-order valence-corrected chi connectivity index (χ1v) is 10.5. The average Bonchev–Trinajstić information content (AvgIpc) is 3.46. The molecule has 0 atom stereocenters. The Labute approximate surface area is 203 Å². The van der Waals surface area contributed by atoms with Crippen molar-refractivity contribution in [3.05, 3.63) is 98.7 Å². The Morgan fingerprint density at radius 1 is 1.00 bits per heavy atom. The molecule has 8 nitrogen and oxygen atoms in total. The lowest BCUT2D eigenvalue weighted by atomic mass is 10.1. The second-order valence-corrected chi connectivity index (χ2v) is 7.67. The molecule has 0 fully saturated rings. The van der Waals surface area contributed by atoms with Gasteiger partial charge in [0.25, 0.3) is 5.69 Å². The van der Waals surface area contributed by atoms with Crippen LogP contribution in [-0.4, -0.2) is 22.5 Å². The summed E-state index contributed by atoms with van der Waals surface area (Å²) in [6, 6.07) is 21.8. The van der Waals surface area contributed by atoms with E-state index in [1.165, 1.54) is 23.5 Å². The van der Waals surface area contributed by atoms with Gasteiger partial charge in [0.15, 0.2) is 11.5 Å². The second-order valence-electron chi connectivity index (χ2n) is 6.84. The number of ether oxygens (including phenoxy) is 2. The maximum absolute atomic E-state index is 11.0. The fourth-order valence-electron chi connectivity index (χ4n) is 3.30. The average molecular weight is 524 g/mol. The van der Waals surface area contributed by atoms with Crippen molar-refractivity contribution in [3.63, 3.8) is 0 Å². The number of para-hydroxylation sites is 1. The summed E-state index contributed by atoms with van der Waals surface area (Å²) in [5.41, 5.74) is 3.52. The highest BCUT2D eigenvalue weighted by Crippen LogP contribution is 2.32. The van der Waals surface area contributed by atoms with Gasteiger partial charge in [0.05, 0.1) is 16.8 Å². The standard InChI is InChI=1S/C23H16N4O4S.BrH/c28-27(29)19-9-7-17(8-10-19)20-14-32-23(26(20)18-4-2-1-3-5-18)25-24-13-16-6-11-21-22(12-16)31-15-30-21;/h1-14H,15H2;1H/p-1/b24-13+,25-23-;. The van der Waals surface area contributed by atoms with Gasteiger partial charge in [-0.3, -0.25) is 14.7 Å². The molecule has 0 amide bonds. The summed E-state index contributed by atoms with van der Waals surface area (Å²) in [6.07, 6.45) is 1.66. The Bertz CT molecular complexity index is 1380. The number of non-ortho nitro benzene ring substituents is 1. The maximum Gasteiger partial charge on any atom is 0.269 e. The molecule has 5 rings (SSSR count). The zero-order chi connectivity index (χ0) is 21.9. The molecule has 0 radical (unpaired) electrons. The molecule has 1 aliphatic rings. The van der Waals surface area contributed by atoms with E-state index in [0.29, 0.717) is 16.3 Å². The molecule has 1 aromatic heterocycles. The van der Waals surface area contributed by atoms with Crippen LogP contribution in [0.2, 0.25) is 0 Å². The smallest absolute Gasteiger partial charge is 0.269 e. The number of hydrogen-bond acceptors (Lipinski definition) is 7. The van der Waals surface area contributed by atoms with Gasteiger partial charge in [0.1, 0.15) is 0 Å². The van der Waals surface area contributed by atoms with Gasteiger partial charge >= 0.3 is 0 Å². The normalized spacial score (nSPS) is 12.7. The molecule has 0 N–H and O–H groups in total. The molecule has 4 aromatic rings. The monoisotopic (exact) mass is 523 g/mol. The minimum atomic E-state index is -0.408. The molecular weight excluding hydrogens is 508 g/mol. The molecule has 2 heterocycles. The first-order valence-electron chi connectivity index (χ1n) is 9.66. The molecule has 0 spiro atoms. The molecule has 33 heavy (non-hydrogen) atoms. The van der Waals surface area contributed by atoms with Crippen molar-refractivity contribution >= 4 is 23.2 Å². The summed E-state index contributed by atoms with van der Waals surface area (Å²) >= 11 is 1.44. The molecule has 3 aromatic carbocycles. The molecule has 0 saturated carbocycles. The fraction of sp³-hybridized carbons (Fsp3) is 0.0435. The molecule has 10 heteroatoms. The van der Waals surface area contributed by atoms with Crippen LogP contribution in [0.15, 0.2) is 88.4 Å². The lowest BCUT2D eigenvalue weighted by Gasteiger charge is -2.08. The minimum absolute atomic E-state index is 0. The van der Waals surface area contributed by atoms with Crippen LogP contribution in [-0.2, 0) is 0 Å². The van der Waals surface area contributed by atoms with Crippen LogP contribution in [0.1, 0.15) is 5.56 Å². The maximum atomic E-state index is 11.0. The van der Waals surface area contributed by atoms with Crippen molar-refractivity contribution < 1.29 is 31.4 Å². The minimum Gasteiger partial charge on any atom is -1.00 e. The van der Waals surface area contributed by atoms with Gasteiger partial charge in [-0.2, -0.15) is 5.10 Å². The predicted octanol–water partition coefficient (Wildman–Crippen LogP) is 1.78. The van der Waals surface area contributed by atoms with Crippen molar-refractivity contribution in [2.45, 2.75) is 0 Å². The van der Waals surface area contributed by atoms with Crippen LogP contribution < -0.4 is 31.3 Å². The highest BCUT2D eigenvalue weighted by atomic mass is 79.9. The molecular formula is C23H16BrN4O4S-. The second kappa shape index (κ2) is 9.80. The number of halogens is 1. The number of nitro groups is 1. The first kappa shape index (κ1) is 22.4. The molecule has 0 bridgehead atoms. The van der Waals surface area contributed by atoms with E-state index in [9.17, 15) is 10.1 Å². The van der Waals surface area contributed by atoms with Gasteiger partial charge in [-0.15, -0.1) is 16.4 Å². The van der Waals surface area contributed by atoms with Gasteiger partial charge in [0.2, 0.25) is 11.6 Å². The van der Waals surface area contributed by atoms with Gasteiger partial charge in [-0.05, 0) is 53.6 Å². The van der Waals surface area contributed by atoms with Crippen LogP contribution in [0, 0.1) is 10.1 Å². The number of benzene rings is 3. The van der Waals surface area contributed by atoms with Crippen molar-refractivity contribution in [1.82, 2.24) is 4.57 Å². The van der Waals surface area contributed by atoms with Crippen LogP contribution >= 0.6 is 11.3 Å². The molecule has 0 unspecified atom stereocenters. The third-order valence-electron chi connectivity index (χ3n) is 4.84. The van der Waals surface area contributed by atoms with Gasteiger partial charge in [-0.25, -0.2) is 0 Å². The first-order chi connectivity index (χ1) is 15.7. The van der Waals surface area contributed by atoms with Crippen molar-refractivity contribution in [2.75, 3.05) is 6.79 Å². The molecule has 166 valence electrons. The summed E-state index contributed by atoms with van der Waals surface area (Å²) < 4.78 is 12.7. The number of nitrogens with zero attached hydrogens (tertiary/aromatic N) is 4. The van der Waals surface area contributed by atoms with E-state index in [1.807, 2.05) is 58.5 Å². The number of fused-ring (bicyclic) bond motifs is 1. The van der Waals surface area contributed by atoms with E-state index in [4.69, 9.17) is 9.47 Å². The highest BCUT2D eigenvalue weighted by molar-refractivity contribution is 7.07. The molecule has 0 aliphatic carbocycles. The largest absolute Gasteiger partial charge is 1.00 e. The molecule has 0 saturated heterocycles. The third kappa shape index (κ3) is 4.71. The Morgan fingerprint density at radius 3 is 2.52 bits per heavy atom. The third-order valence-corrected chi connectivity index (χ3v) is 5.66. The van der Waals surface area contributed by atoms with Crippen molar-refractivity contribution in [1.29, 1.82) is 0 Å². The lowest BCUT2D eigenvalue weighted by molar-refractivity contribution is -0.384. The number of hydrogen-bond donors (Lipinski definition) is 0. The summed E-state index contributed by atoms with van der Waals surface area (Å²) in [6.45, 7) is 0.220. The van der Waals surface area contributed by atoms with E-state index < -0.39 is 4.92 Å². The molecule has 1 aliphatic heterocycles. The van der Waals surface area contributed by atoms with E-state index in [1.54, 1.807) is 18.3 Å². The van der Waals surface area contributed by atoms with Gasteiger partial charge in [0, 0.05) is 23.2 Å². The van der Waals surface area contributed by atoms with E-state index in [0.717, 1.165) is 22.5 Å². The summed E-state index contributed by atoms with van der Waals surface area (Å²) in [5, 5.41) is 21.7. The number of nitro benzene ring substituents is 1. The Morgan fingerprint density at radius 2 is 1.76 bits per heavy atom.